The van der Waals surface area contributed by atoms with Crippen molar-refractivity contribution >= 4 is 23.7 Å². The SMILES string of the molecule is COC(=O)/C=C/C(=O)Oc1ccc(NC(=O)OC(C)(C)C)cc1. The number of hydrogen-bond acceptors (Lipinski definition) is 6. The average Bonchev–Trinajstić information content (AvgIpc) is 2.44. The van der Waals surface area contributed by atoms with E-state index in [4.69, 9.17) is 9.47 Å². The fraction of sp³-hybridized carbons (Fsp3) is 0.312. The molecule has 124 valence electrons. The molecule has 0 fully saturated rings. The molecule has 0 saturated carbocycles. The minimum atomic E-state index is -0.719. The first-order chi connectivity index (χ1) is 10.7. The van der Waals surface area contributed by atoms with Gasteiger partial charge in [-0.2, -0.15) is 0 Å². The first kappa shape index (κ1) is 18.2. The van der Waals surface area contributed by atoms with E-state index in [9.17, 15) is 14.4 Å². The zero-order valence-corrected chi connectivity index (χ0v) is 13.4. The maximum absolute atomic E-state index is 11.6. The quantitative estimate of drug-likeness (QED) is 0.521. The lowest BCUT2D eigenvalue weighted by Gasteiger charge is -2.19. The van der Waals surface area contributed by atoms with Gasteiger partial charge in [-0.1, -0.05) is 0 Å². The molecule has 1 rings (SSSR count). The molecule has 0 radical (unpaired) electrons. The van der Waals surface area contributed by atoms with E-state index in [-0.39, 0.29) is 5.75 Å². The molecule has 1 N–H and O–H groups in total. The molecule has 7 heteroatoms. The van der Waals surface area contributed by atoms with Crippen LogP contribution in [-0.4, -0.2) is 30.7 Å². The van der Waals surface area contributed by atoms with Gasteiger partial charge in [0.15, 0.2) is 0 Å². The molecule has 0 aliphatic heterocycles. The molecule has 1 aromatic rings. The Labute approximate surface area is 134 Å². The third-order valence-electron chi connectivity index (χ3n) is 2.27. The van der Waals surface area contributed by atoms with Crippen molar-refractivity contribution in [3.05, 3.63) is 36.4 Å². The summed E-state index contributed by atoms with van der Waals surface area (Å²) in [5.41, 5.74) is -0.102. The standard InChI is InChI=1S/C16H19NO6/c1-16(2,3)23-15(20)17-11-5-7-12(8-6-11)22-14(19)10-9-13(18)21-4/h5-10H,1-4H3,(H,17,20)/b10-9+. The summed E-state index contributed by atoms with van der Waals surface area (Å²) in [5.74, 6) is -1.11. The first-order valence-corrected chi connectivity index (χ1v) is 6.77. The van der Waals surface area contributed by atoms with Gasteiger partial charge >= 0.3 is 18.0 Å². The first-order valence-electron chi connectivity index (χ1n) is 6.77. The van der Waals surface area contributed by atoms with E-state index in [0.29, 0.717) is 5.69 Å². The molecule has 0 saturated heterocycles. The van der Waals surface area contributed by atoms with Crippen LogP contribution in [0.15, 0.2) is 36.4 Å². The summed E-state index contributed by atoms with van der Waals surface area (Å²) in [6.07, 6.45) is 1.34. The van der Waals surface area contributed by atoms with Crippen molar-refractivity contribution < 1.29 is 28.6 Å². The zero-order valence-electron chi connectivity index (χ0n) is 13.4. The minimum absolute atomic E-state index is 0.263. The van der Waals surface area contributed by atoms with Gasteiger partial charge in [-0.15, -0.1) is 0 Å². The third kappa shape index (κ3) is 7.66. The highest BCUT2D eigenvalue weighted by Gasteiger charge is 2.16. The number of benzene rings is 1. The second kappa shape index (κ2) is 7.98. The van der Waals surface area contributed by atoms with Crippen molar-refractivity contribution in [2.24, 2.45) is 0 Å². The maximum Gasteiger partial charge on any atom is 0.412 e. The van der Waals surface area contributed by atoms with Gasteiger partial charge in [0.05, 0.1) is 7.11 Å². The van der Waals surface area contributed by atoms with Crippen molar-refractivity contribution in [2.75, 3.05) is 12.4 Å². The molecular formula is C16H19NO6. The van der Waals surface area contributed by atoms with E-state index in [1.54, 1.807) is 32.9 Å². The van der Waals surface area contributed by atoms with Gasteiger partial charge in [-0.05, 0) is 45.0 Å². The van der Waals surface area contributed by atoms with E-state index in [2.05, 4.69) is 10.1 Å². The largest absolute Gasteiger partial charge is 0.466 e. The molecule has 1 aromatic carbocycles. The molecule has 0 aliphatic rings. The Morgan fingerprint density at radius 2 is 1.57 bits per heavy atom. The van der Waals surface area contributed by atoms with Crippen molar-refractivity contribution in [3.8, 4) is 5.75 Å². The smallest absolute Gasteiger partial charge is 0.412 e. The Balaban J connectivity index is 2.56. The van der Waals surface area contributed by atoms with E-state index in [1.807, 2.05) is 0 Å². The monoisotopic (exact) mass is 321 g/mol. The number of carbonyl (C=O) groups excluding carboxylic acids is 3. The number of anilines is 1. The molecule has 0 heterocycles. The Morgan fingerprint density at radius 3 is 2.09 bits per heavy atom. The lowest BCUT2D eigenvalue weighted by atomic mass is 10.2. The predicted octanol–water partition coefficient (Wildman–Crippen LogP) is 2.67. The summed E-state index contributed by atoms with van der Waals surface area (Å²) in [6.45, 7) is 5.28. The van der Waals surface area contributed by atoms with Crippen LogP contribution in [0.3, 0.4) is 0 Å². The highest BCUT2D eigenvalue weighted by molar-refractivity contribution is 5.92. The van der Waals surface area contributed by atoms with Gasteiger partial charge < -0.3 is 14.2 Å². The summed E-state index contributed by atoms with van der Waals surface area (Å²) in [6, 6.07) is 6.10. The van der Waals surface area contributed by atoms with E-state index in [1.165, 1.54) is 19.2 Å². The van der Waals surface area contributed by atoms with Gasteiger partial charge in [-0.25, -0.2) is 14.4 Å². The maximum atomic E-state index is 11.6. The summed E-state index contributed by atoms with van der Waals surface area (Å²) >= 11 is 0. The summed E-state index contributed by atoms with van der Waals surface area (Å²) in [5, 5.41) is 2.55. The topological polar surface area (TPSA) is 90.9 Å². The van der Waals surface area contributed by atoms with Crippen molar-refractivity contribution in [1.29, 1.82) is 0 Å². The number of methoxy groups -OCH3 is 1. The predicted molar refractivity (Wildman–Crippen MR) is 83.1 cm³/mol. The van der Waals surface area contributed by atoms with Gasteiger partial charge in [0.2, 0.25) is 0 Å². The second-order valence-corrected chi connectivity index (χ2v) is 5.43. The summed E-state index contributed by atoms with van der Waals surface area (Å²) in [4.78, 5) is 33.9. The fourth-order valence-corrected chi connectivity index (χ4v) is 1.38. The van der Waals surface area contributed by atoms with Gasteiger partial charge in [0, 0.05) is 17.8 Å². The molecule has 0 spiro atoms. The number of nitrogens with one attached hydrogen (secondary N) is 1. The van der Waals surface area contributed by atoms with Crippen LogP contribution in [0.25, 0.3) is 0 Å². The van der Waals surface area contributed by atoms with Crippen LogP contribution in [0.5, 0.6) is 5.75 Å². The number of ether oxygens (including phenoxy) is 3. The number of esters is 2. The van der Waals surface area contributed by atoms with Crippen molar-refractivity contribution in [1.82, 2.24) is 0 Å². The van der Waals surface area contributed by atoms with Crippen molar-refractivity contribution in [2.45, 2.75) is 26.4 Å². The molecule has 0 bridgehead atoms. The lowest BCUT2D eigenvalue weighted by molar-refractivity contribution is -0.135. The molecule has 7 nitrogen and oxygen atoms in total. The van der Waals surface area contributed by atoms with E-state index < -0.39 is 23.6 Å². The summed E-state index contributed by atoms with van der Waals surface area (Å²) < 4.78 is 14.4. The van der Waals surface area contributed by atoms with Crippen LogP contribution in [0, 0.1) is 0 Å². The molecule has 1 amide bonds. The minimum Gasteiger partial charge on any atom is -0.466 e. The molecule has 23 heavy (non-hydrogen) atoms. The van der Waals surface area contributed by atoms with Crippen molar-refractivity contribution in [3.63, 3.8) is 0 Å². The molecular weight excluding hydrogens is 302 g/mol. The van der Waals surface area contributed by atoms with Crippen LogP contribution in [0.2, 0.25) is 0 Å². The number of carbonyl (C=O) groups is 3. The molecule has 0 aliphatic carbocycles. The van der Waals surface area contributed by atoms with Gasteiger partial charge in [-0.3, -0.25) is 5.32 Å². The highest BCUT2D eigenvalue weighted by Crippen LogP contribution is 2.17. The lowest BCUT2D eigenvalue weighted by Crippen LogP contribution is -2.27. The van der Waals surface area contributed by atoms with Gasteiger partial charge in [0.1, 0.15) is 11.4 Å². The fourth-order valence-electron chi connectivity index (χ4n) is 1.38. The van der Waals surface area contributed by atoms with E-state index >= 15 is 0 Å². The van der Waals surface area contributed by atoms with Crippen LogP contribution >= 0.6 is 0 Å². The molecule has 0 atom stereocenters. The molecule has 0 aromatic heterocycles. The van der Waals surface area contributed by atoms with Crippen LogP contribution in [0.4, 0.5) is 10.5 Å². The average molecular weight is 321 g/mol. The number of amides is 1. The number of rotatable bonds is 4. The Hall–Kier alpha value is -2.83. The Kier molecular flexibility index (Phi) is 6.32. The normalized spacial score (nSPS) is 11.0. The zero-order chi connectivity index (χ0) is 17.5. The second-order valence-electron chi connectivity index (χ2n) is 5.43. The van der Waals surface area contributed by atoms with Crippen LogP contribution in [0.1, 0.15) is 20.8 Å². The van der Waals surface area contributed by atoms with Crippen LogP contribution < -0.4 is 10.1 Å². The Bertz CT molecular complexity index is 598. The Morgan fingerprint density at radius 1 is 1.00 bits per heavy atom. The highest BCUT2D eigenvalue weighted by atomic mass is 16.6. The summed E-state index contributed by atoms with van der Waals surface area (Å²) in [7, 11) is 1.20. The van der Waals surface area contributed by atoms with Gasteiger partial charge in [0.25, 0.3) is 0 Å². The molecule has 0 unspecified atom stereocenters. The third-order valence-corrected chi connectivity index (χ3v) is 2.27. The number of hydrogen-bond donors (Lipinski definition) is 1. The van der Waals surface area contributed by atoms with Crippen LogP contribution in [-0.2, 0) is 19.1 Å². The van der Waals surface area contributed by atoms with E-state index in [0.717, 1.165) is 12.2 Å².